The van der Waals surface area contributed by atoms with Gasteiger partial charge in [-0.15, -0.1) is 0 Å². The van der Waals surface area contributed by atoms with Crippen molar-refractivity contribution >= 4 is 5.82 Å². The molecule has 0 unspecified atom stereocenters. The number of nitrogens with zero attached hydrogens (tertiary/aromatic N) is 1. The van der Waals surface area contributed by atoms with Crippen molar-refractivity contribution < 1.29 is 9.13 Å². The number of hydrogen-bond acceptors (Lipinski definition) is 3. The van der Waals surface area contributed by atoms with Crippen molar-refractivity contribution in [2.45, 2.75) is 13.5 Å². The first-order chi connectivity index (χ1) is 8.69. The van der Waals surface area contributed by atoms with E-state index in [9.17, 15) is 4.39 Å². The third-order valence-corrected chi connectivity index (χ3v) is 2.56. The highest BCUT2D eigenvalue weighted by Gasteiger charge is 2.04. The van der Waals surface area contributed by atoms with Crippen molar-refractivity contribution in [1.82, 2.24) is 4.98 Å². The Hall–Kier alpha value is -2.10. The van der Waals surface area contributed by atoms with E-state index in [-0.39, 0.29) is 11.6 Å². The van der Waals surface area contributed by atoms with Crippen molar-refractivity contribution in [2.75, 3.05) is 12.4 Å². The first-order valence-corrected chi connectivity index (χ1v) is 5.70. The average Bonchev–Trinajstić information content (AvgIpc) is 2.40. The summed E-state index contributed by atoms with van der Waals surface area (Å²) >= 11 is 0. The Morgan fingerprint density at radius 3 is 2.78 bits per heavy atom. The number of aryl methyl sites for hydroxylation is 1. The Bertz CT molecular complexity index is 526. The van der Waals surface area contributed by atoms with E-state index in [0.717, 1.165) is 16.9 Å². The van der Waals surface area contributed by atoms with Crippen molar-refractivity contribution in [1.29, 1.82) is 0 Å². The first kappa shape index (κ1) is 12.4. The summed E-state index contributed by atoms with van der Waals surface area (Å²) in [6.07, 6.45) is 1.71. The van der Waals surface area contributed by atoms with Crippen LogP contribution in [0.3, 0.4) is 0 Å². The molecular formula is C14H15FN2O. The van der Waals surface area contributed by atoms with Crippen molar-refractivity contribution in [3.8, 4) is 5.75 Å². The van der Waals surface area contributed by atoms with E-state index >= 15 is 0 Å². The highest BCUT2D eigenvalue weighted by Crippen LogP contribution is 2.19. The summed E-state index contributed by atoms with van der Waals surface area (Å²) in [6, 6.07) is 8.56. The standard InChI is InChI=1S/C14H15FN2O/c1-10-3-5-12(15)13(7-10)18-9-11-4-6-14(16-2)17-8-11/h3-8H,9H2,1-2H3,(H,16,17). The number of pyridine rings is 1. The molecule has 0 fully saturated rings. The third kappa shape index (κ3) is 2.97. The molecule has 94 valence electrons. The van der Waals surface area contributed by atoms with Crippen LogP contribution in [-0.4, -0.2) is 12.0 Å². The molecule has 0 radical (unpaired) electrons. The molecule has 0 atom stereocenters. The van der Waals surface area contributed by atoms with Gasteiger partial charge in [-0.3, -0.25) is 0 Å². The molecule has 1 heterocycles. The second-order valence-corrected chi connectivity index (χ2v) is 4.02. The van der Waals surface area contributed by atoms with Crippen LogP contribution in [0.1, 0.15) is 11.1 Å². The normalized spacial score (nSPS) is 10.2. The Morgan fingerprint density at radius 2 is 2.11 bits per heavy atom. The number of ether oxygens (including phenoxy) is 1. The fraction of sp³-hybridized carbons (Fsp3) is 0.214. The molecule has 4 heteroatoms. The summed E-state index contributed by atoms with van der Waals surface area (Å²) in [5.74, 6) is 0.716. The van der Waals surface area contributed by atoms with Crippen molar-refractivity contribution in [3.05, 3.63) is 53.5 Å². The van der Waals surface area contributed by atoms with Crippen molar-refractivity contribution in [2.24, 2.45) is 0 Å². The lowest BCUT2D eigenvalue weighted by Gasteiger charge is -2.08. The summed E-state index contributed by atoms with van der Waals surface area (Å²) < 4.78 is 18.9. The predicted octanol–water partition coefficient (Wildman–Crippen LogP) is 3.15. The van der Waals surface area contributed by atoms with Gasteiger partial charge < -0.3 is 10.1 Å². The Morgan fingerprint density at radius 1 is 1.28 bits per heavy atom. The summed E-state index contributed by atoms with van der Waals surface area (Å²) in [5.41, 5.74) is 1.87. The third-order valence-electron chi connectivity index (χ3n) is 2.56. The lowest BCUT2D eigenvalue weighted by Crippen LogP contribution is -1.99. The van der Waals surface area contributed by atoms with Crippen LogP contribution in [0, 0.1) is 12.7 Å². The Kier molecular flexibility index (Phi) is 3.77. The van der Waals surface area contributed by atoms with E-state index in [0.29, 0.717) is 6.61 Å². The molecule has 3 nitrogen and oxygen atoms in total. The van der Waals surface area contributed by atoms with E-state index in [1.807, 2.05) is 19.1 Å². The maximum atomic E-state index is 13.4. The molecule has 1 N–H and O–H groups in total. The molecule has 1 aromatic carbocycles. The fourth-order valence-corrected chi connectivity index (χ4v) is 1.54. The zero-order valence-corrected chi connectivity index (χ0v) is 10.4. The average molecular weight is 246 g/mol. The van der Waals surface area contributed by atoms with Gasteiger partial charge in [0.15, 0.2) is 11.6 Å². The summed E-state index contributed by atoms with van der Waals surface area (Å²) in [5, 5.41) is 2.93. The minimum absolute atomic E-state index is 0.271. The van der Waals surface area contributed by atoms with Gasteiger partial charge >= 0.3 is 0 Å². The smallest absolute Gasteiger partial charge is 0.165 e. The Balaban J connectivity index is 2.04. The van der Waals surface area contributed by atoms with Crippen LogP contribution in [-0.2, 0) is 6.61 Å². The van der Waals surface area contributed by atoms with E-state index in [4.69, 9.17) is 4.74 Å². The maximum absolute atomic E-state index is 13.4. The van der Waals surface area contributed by atoms with Crippen LogP contribution in [0.25, 0.3) is 0 Å². The molecule has 18 heavy (non-hydrogen) atoms. The topological polar surface area (TPSA) is 34.1 Å². The van der Waals surface area contributed by atoms with Crippen molar-refractivity contribution in [3.63, 3.8) is 0 Å². The fourth-order valence-electron chi connectivity index (χ4n) is 1.54. The molecule has 0 spiro atoms. The number of anilines is 1. The van der Waals surface area contributed by atoms with Gasteiger partial charge in [0.1, 0.15) is 12.4 Å². The molecule has 2 aromatic rings. The quantitative estimate of drug-likeness (QED) is 0.899. The van der Waals surface area contributed by atoms with Gasteiger partial charge in [-0.1, -0.05) is 12.1 Å². The predicted molar refractivity (Wildman–Crippen MR) is 69.3 cm³/mol. The van der Waals surface area contributed by atoms with Crippen LogP contribution in [0.4, 0.5) is 10.2 Å². The first-order valence-electron chi connectivity index (χ1n) is 5.70. The molecule has 0 saturated heterocycles. The van der Waals surface area contributed by atoms with E-state index in [1.165, 1.54) is 6.07 Å². The number of benzene rings is 1. The van der Waals surface area contributed by atoms with Gasteiger partial charge in [-0.05, 0) is 30.7 Å². The molecule has 2 rings (SSSR count). The SMILES string of the molecule is CNc1ccc(COc2cc(C)ccc2F)cn1. The molecule has 0 aliphatic carbocycles. The number of hydrogen-bond donors (Lipinski definition) is 1. The lowest BCUT2D eigenvalue weighted by atomic mass is 10.2. The minimum atomic E-state index is -0.347. The van der Waals surface area contributed by atoms with Crippen LogP contribution in [0.5, 0.6) is 5.75 Å². The molecule has 0 aliphatic rings. The van der Waals surface area contributed by atoms with Gasteiger partial charge in [-0.2, -0.15) is 0 Å². The van der Waals surface area contributed by atoms with E-state index in [1.54, 1.807) is 25.4 Å². The number of rotatable bonds is 4. The minimum Gasteiger partial charge on any atom is -0.486 e. The number of halogens is 1. The molecule has 0 amide bonds. The monoisotopic (exact) mass is 246 g/mol. The number of aromatic nitrogens is 1. The van der Waals surface area contributed by atoms with Crippen LogP contribution in [0.2, 0.25) is 0 Å². The largest absolute Gasteiger partial charge is 0.486 e. The number of nitrogens with one attached hydrogen (secondary N) is 1. The van der Waals surface area contributed by atoms with Gasteiger partial charge in [0.2, 0.25) is 0 Å². The highest BCUT2D eigenvalue weighted by atomic mass is 19.1. The second-order valence-electron chi connectivity index (χ2n) is 4.02. The Labute approximate surface area is 106 Å². The second kappa shape index (κ2) is 5.49. The lowest BCUT2D eigenvalue weighted by molar-refractivity contribution is 0.289. The van der Waals surface area contributed by atoms with Gasteiger partial charge in [0.05, 0.1) is 0 Å². The molecular weight excluding hydrogens is 231 g/mol. The van der Waals surface area contributed by atoms with E-state index in [2.05, 4.69) is 10.3 Å². The molecule has 0 saturated carbocycles. The van der Waals surface area contributed by atoms with Gasteiger partial charge in [0.25, 0.3) is 0 Å². The van der Waals surface area contributed by atoms with Gasteiger partial charge in [0, 0.05) is 18.8 Å². The molecule has 0 bridgehead atoms. The zero-order chi connectivity index (χ0) is 13.0. The molecule has 1 aromatic heterocycles. The van der Waals surface area contributed by atoms with Crippen LogP contribution < -0.4 is 10.1 Å². The zero-order valence-electron chi connectivity index (χ0n) is 10.4. The summed E-state index contributed by atoms with van der Waals surface area (Å²) in [7, 11) is 1.81. The van der Waals surface area contributed by atoms with Crippen LogP contribution >= 0.6 is 0 Å². The van der Waals surface area contributed by atoms with E-state index < -0.39 is 0 Å². The highest BCUT2D eigenvalue weighted by molar-refractivity contribution is 5.34. The van der Waals surface area contributed by atoms with Crippen LogP contribution in [0.15, 0.2) is 36.5 Å². The summed E-state index contributed by atoms with van der Waals surface area (Å²) in [4.78, 5) is 4.16. The maximum Gasteiger partial charge on any atom is 0.165 e. The molecule has 0 aliphatic heterocycles. The summed E-state index contributed by atoms with van der Waals surface area (Å²) in [6.45, 7) is 2.20. The van der Waals surface area contributed by atoms with Gasteiger partial charge in [-0.25, -0.2) is 9.37 Å².